The molecule has 0 spiro atoms. The Morgan fingerprint density at radius 1 is 1.28 bits per heavy atom. The first-order valence-corrected chi connectivity index (χ1v) is 8.50. The smallest absolute Gasteiger partial charge is 0.231 e. The van der Waals surface area contributed by atoms with Crippen molar-refractivity contribution in [3.05, 3.63) is 59.4 Å². The van der Waals surface area contributed by atoms with E-state index in [-0.39, 0.29) is 17.6 Å². The molecule has 2 aromatic carbocycles. The largest absolute Gasteiger partial charge is 0.492 e. The van der Waals surface area contributed by atoms with E-state index >= 15 is 0 Å². The van der Waals surface area contributed by atoms with E-state index in [0.29, 0.717) is 18.7 Å². The number of ether oxygens (including phenoxy) is 1. The van der Waals surface area contributed by atoms with Crippen molar-refractivity contribution in [2.75, 3.05) is 32.6 Å². The minimum Gasteiger partial charge on any atom is -0.492 e. The van der Waals surface area contributed by atoms with Crippen LogP contribution in [0.3, 0.4) is 0 Å². The molecule has 0 fully saturated rings. The molecule has 1 aliphatic rings. The molecule has 0 bridgehead atoms. The number of hydrogen-bond acceptors (Lipinski definition) is 3. The van der Waals surface area contributed by atoms with Crippen LogP contribution in [0.5, 0.6) is 5.75 Å². The predicted molar refractivity (Wildman–Crippen MR) is 96.6 cm³/mol. The van der Waals surface area contributed by atoms with Gasteiger partial charge in [-0.2, -0.15) is 0 Å². The number of nitrogens with zero attached hydrogens (tertiary/aromatic N) is 1. The third kappa shape index (κ3) is 4.37. The molecule has 1 aliphatic carbocycles. The molecule has 0 saturated heterocycles. The SMILES string of the molecule is CN(C)CCOc1cccc(NC(=O)C2CCc3cc(F)ccc32)c1. The number of carbonyl (C=O) groups is 1. The molecule has 1 N–H and O–H groups in total. The third-order valence-electron chi connectivity index (χ3n) is 4.41. The second-order valence-corrected chi connectivity index (χ2v) is 6.60. The van der Waals surface area contributed by atoms with Crippen LogP contribution in [-0.2, 0) is 11.2 Å². The molecule has 0 saturated carbocycles. The molecule has 132 valence electrons. The quantitative estimate of drug-likeness (QED) is 0.874. The van der Waals surface area contributed by atoms with Crippen LogP contribution in [-0.4, -0.2) is 38.1 Å². The summed E-state index contributed by atoms with van der Waals surface area (Å²) >= 11 is 0. The Hall–Kier alpha value is -2.40. The van der Waals surface area contributed by atoms with Crippen LogP contribution in [0.15, 0.2) is 42.5 Å². The lowest BCUT2D eigenvalue weighted by molar-refractivity contribution is -0.117. The number of hydrogen-bond donors (Lipinski definition) is 1. The molecule has 1 amide bonds. The van der Waals surface area contributed by atoms with Gasteiger partial charge in [-0.1, -0.05) is 12.1 Å². The van der Waals surface area contributed by atoms with Gasteiger partial charge >= 0.3 is 0 Å². The number of rotatable bonds is 6. The average Bonchev–Trinajstić information content (AvgIpc) is 2.98. The van der Waals surface area contributed by atoms with E-state index in [1.54, 1.807) is 6.07 Å². The summed E-state index contributed by atoms with van der Waals surface area (Å²) in [6.45, 7) is 1.41. The fraction of sp³-hybridized carbons (Fsp3) is 0.350. The molecular weight excluding hydrogens is 319 g/mol. The topological polar surface area (TPSA) is 41.6 Å². The zero-order valence-corrected chi connectivity index (χ0v) is 14.6. The minimum absolute atomic E-state index is 0.0594. The van der Waals surface area contributed by atoms with Gasteiger partial charge in [0.15, 0.2) is 0 Å². The van der Waals surface area contributed by atoms with E-state index in [1.165, 1.54) is 12.1 Å². The first-order valence-electron chi connectivity index (χ1n) is 8.50. The lowest BCUT2D eigenvalue weighted by atomic mass is 10.0. The Labute approximate surface area is 147 Å². The van der Waals surface area contributed by atoms with Crippen molar-refractivity contribution in [1.82, 2.24) is 4.90 Å². The van der Waals surface area contributed by atoms with Crippen LogP contribution in [0, 0.1) is 5.82 Å². The van der Waals surface area contributed by atoms with E-state index in [9.17, 15) is 9.18 Å². The summed E-state index contributed by atoms with van der Waals surface area (Å²) in [5, 5.41) is 2.96. The maximum Gasteiger partial charge on any atom is 0.231 e. The van der Waals surface area contributed by atoms with Crippen LogP contribution in [0.25, 0.3) is 0 Å². The summed E-state index contributed by atoms with van der Waals surface area (Å²) < 4.78 is 19.0. The standard InChI is InChI=1S/C20H23FN2O2/c1-23(2)10-11-25-17-5-3-4-16(13-17)22-20(24)19-8-6-14-12-15(21)7-9-18(14)19/h3-5,7,9,12-13,19H,6,8,10-11H2,1-2H3,(H,22,24). The molecule has 2 aromatic rings. The van der Waals surface area contributed by atoms with Crippen molar-refractivity contribution < 1.29 is 13.9 Å². The highest BCUT2D eigenvalue weighted by molar-refractivity contribution is 5.96. The van der Waals surface area contributed by atoms with Gasteiger partial charge in [-0.3, -0.25) is 4.79 Å². The Bertz CT molecular complexity index is 761. The minimum atomic E-state index is -0.248. The first-order chi connectivity index (χ1) is 12.0. The molecule has 5 heteroatoms. The Morgan fingerprint density at radius 2 is 2.12 bits per heavy atom. The van der Waals surface area contributed by atoms with Crippen LogP contribution in [0.1, 0.15) is 23.5 Å². The van der Waals surface area contributed by atoms with Crippen LogP contribution < -0.4 is 10.1 Å². The van der Waals surface area contributed by atoms with Crippen molar-refractivity contribution in [1.29, 1.82) is 0 Å². The highest BCUT2D eigenvalue weighted by atomic mass is 19.1. The summed E-state index contributed by atoms with van der Waals surface area (Å²) in [4.78, 5) is 14.7. The third-order valence-corrected chi connectivity index (χ3v) is 4.41. The number of carbonyl (C=O) groups excluding carboxylic acids is 1. The van der Waals surface area contributed by atoms with Gasteiger partial charge in [0, 0.05) is 18.3 Å². The van der Waals surface area contributed by atoms with Crippen molar-refractivity contribution in [2.45, 2.75) is 18.8 Å². The molecule has 1 atom stereocenters. The lowest BCUT2D eigenvalue weighted by Crippen LogP contribution is -2.20. The molecule has 0 aromatic heterocycles. The summed E-state index contributed by atoms with van der Waals surface area (Å²) in [6.07, 6.45) is 1.45. The van der Waals surface area contributed by atoms with Crippen molar-refractivity contribution >= 4 is 11.6 Å². The van der Waals surface area contributed by atoms with Crippen molar-refractivity contribution in [3.8, 4) is 5.75 Å². The van der Waals surface area contributed by atoms with E-state index in [1.807, 2.05) is 43.3 Å². The van der Waals surface area contributed by atoms with Crippen LogP contribution >= 0.6 is 0 Å². The number of halogens is 1. The van der Waals surface area contributed by atoms with E-state index in [4.69, 9.17) is 4.74 Å². The van der Waals surface area contributed by atoms with Gasteiger partial charge in [0.25, 0.3) is 0 Å². The van der Waals surface area contributed by atoms with Gasteiger partial charge in [0.2, 0.25) is 5.91 Å². The number of anilines is 1. The Balaban J connectivity index is 1.64. The highest BCUT2D eigenvalue weighted by Crippen LogP contribution is 2.34. The Kier molecular flexibility index (Phi) is 5.34. The summed E-state index contributed by atoms with van der Waals surface area (Å²) in [5.74, 6) is 0.195. The van der Waals surface area contributed by atoms with E-state index in [0.717, 1.165) is 29.8 Å². The van der Waals surface area contributed by atoms with Gasteiger partial charge in [0.1, 0.15) is 18.2 Å². The fourth-order valence-corrected chi connectivity index (χ4v) is 3.10. The zero-order valence-electron chi connectivity index (χ0n) is 14.6. The molecule has 4 nitrogen and oxygen atoms in total. The maximum absolute atomic E-state index is 13.3. The average molecular weight is 342 g/mol. The fourth-order valence-electron chi connectivity index (χ4n) is 3.10. The highest BCUT2D eigenvalue weighted by Gasteiger charge is 2.28. The first kappa shape index (κ1) is 17.4. The number of benzene rings is 2. The summed E-state index contributed by atoms with van der Waals surface area (Å²) in [5.41, 5.74) is 2.57. The van der Waals surface area contributed by atoms with Gasteiger partial charge in [-0.15, -0.1) is 0 Å². The number of aryl methyl sites for hydroxylation is 1. The number of amides is 1. The molecule has 1 unspecified atom stereocenters. The summed E-state index contributed by atoms with van der Waals surface area (Å²) in [7, 11) is 3.98. The van der Waals surface area contributed by atoms with Crippen LogP contribution in [0.2, 0.25) is 0 Å². The Morgan fingerprint density at radius 3 is 2.92 bits per heavy atom. The predicted octanol–water partition coefficient (Wildman–Crippen LogP) is 3.43. The second-order valence-electron chi connectivity index (χ2n) is 6.60. The maximum atomic E-state index is 13.3. The van der Waals surface area contributed by atoms with Crippen molar-refractivity contribution in [2.24, 2.45) is 0 Å². The second kappa shape index (κ2) is 7.66. The molecular formula is C20H23FN2O2. The summed E-state index contributed by atoms with van der Waals surface area (Å²) in [6, 6.07) is 12.1. The number of fused-ring (bicyclic) bond motifs is 1. The number of likely N-dealkylation sites (N-methyl/N-ethyl adjacent to an activating group) is 1. The molecule has 0 radical (unpaired) electrons. The molecule has 0 aliphatic heterocycles. The van der Waals surface area contributed by atoms with Gasteiger partial charge in [-0.25, -0.2) is 4.39 Å². The van der Waals surface area contributed by atoms with Gasteiger partial charge in [0.05, 0.1) is 5.92 Å². The molecule has 0 heterocycles. The lowest BCUT2D eigenvalue weighted by Gasteiger charge is -2.14. The molecule has 25 heavy (non-hydrogen) atoms. The van der Waals surface area contributed by atoms with Crippen molar-refractivity contribution in [3.63, 3.8) is 0 Å². The molecule has 3 rings (SSSR count). The zero-order chi connectivity index (χ0) is 17.8. The van der Waals surface area contributed by atoms with E-state index in [2.05, 4.69) is 5.32 Å². The van der Waals surface area contributed by atoms with Crippen LogP contribution in [0.4, 0.5) is 10.1 Å². The van der Waals surface area contributed by atoms with Gasteiger partial charge < -0.3 is 15.0 Å². The normalized spacial score (nSPS) is 15.9. The monoisotopic (exact) mass is 342 g/mol. The number of nitrogens with one attached hydrogen (secondary N) is 1. The van der Waals surface area contributed by atoms with E-state index < -0.39 is 0 Å². The van der Waals surface area contributed by atoms with Gasteiger partial charge in [-0.05, 0) is 62.3 Å².